The molecule has 3 fully saturated rings. The number of piperidine rings is 1. The van der Waals surface area contributed by atoms with Gasteiger partial charge in [0.05, 0.1) is 5.56 Å². The topological polar surface area (TPSA) is 36.4 Å². The van der Waals surface area contributed by atoms with E-state index in [9.17, 15) is 4.79 Å². The summed E-state index contributed by atoms with van der Waals surface area (Å²) in [6, 6.07) is 10.9. The summed E-state index contributed by atoms with van der Waals surface area (Å²) in [7, 11) is 0. The van der Waals surface area contributed by atoms with Crippen LogP contribution in [0.3, 0.4) is 0 Å². The Kier molecular flexibility index (Phi) is 4.77. The number of hydrogen-bond donors (Lipinski definition) is 0. The highest BCUT2D eigenvalue weighted by Crippen LogP contribution is 2.30. The van der Waals surface area contributed by atoms with E-state index in [0.29, 0.717) is 17.5 Å². The quantitative estimate of drug-likeness (QED) is 0.852. The van der Waals surface area contributed by atoms with Crippen molar-refractivity contribution in [1.29, 1.82) is 0 Å². The van der Waals surface area contributed by atoms with Crippen LogP contribution in [0.1, 0.15) is 39.9 Å². The molecule has 1 aromatic heterocycles. The lowest BCUT2D eigenvalue weighted by molar-refractivity contribution is 0.0735. The fourth-order valence-corrected chi connectivity index (χ4v) is 4.40. The van der Waals surface area contributed by atoms with Crippen molar-refractivity contribution in [2.24, 2.45) is 5.92 Å². The van der Waals surface area contributed by atoms with Gasteiger partial charge in [-0.2, -0.15) is 0 Å². The van der Waals surface area contributed by atoms with Gasteiger partial charge in [-0.05, 0) is 55.9 Å². The maximum atomic E-state index is 12.9. The van der Waals surface area contributed by atoms with Crippen molar-refractivity contribution in [2.45, 2.75) is 39.3 Å². The van der Waals surface area contributed by atoms with E-state index in [1.54, 1.807) is 12.4 Å². The number of aromatic nitrogens is 1. The molecular formula is C22H27N3O. The molecule has 0 N–H and O–H groups in total. The third-order valence-electron chi connectivity index (χ3n) is 5.90. The lowest BCUT2D eigenvalue weighted by atomic mass is 9.94. The predicted octanol–water partition coefficient (Wildman–Crippen LogP) is 3.44. The monoisotopic (exact) mass is 349 g/mol. The van der Waals surface area contributed by atoms with E-state index in [0.717, 1.165) is 26.2 Å². The molecule has 5 rings (SSSR count). The van der Waals surface area contributed by atoms with E-state index in [-0.39, 0.29) is 5.91 Å². The molecular weight excluding hydrogens is 322 g/mol. The molecule has 0 unspecified atom stereocenters. The van der Waals surface area contributed by atoms with Gasteiger partial charge in [-0.1, -0.05) is 23.8 Å². The second-order valence-corrected chi connectivity index (χ2v) is 7.91. The zero-order valence-electron chi connectivity index (χ0n) is 15.7. The van der Waals surface area contributed by atoms with Crippen LogP contribution in [-0.4, -0.2) is 46.4 Å². The largest absolute Gasteiger partial charge is 0.337 e. The zero-order chi connectivity index (χ0) is 18.1. The Morgan fingerprint density at radius 2 is 2.04 bits per heavy atom. The number of aryl methyl sites for hydroxylation is 2. The number of carbonyl (C=O) groups excluding carboxylic acids is 1. The molecule has 4 heterocycles. The maximum Gasteiger partial charge on any atom is 0.255 e. The molecule has 0 saturated carbocycles. The molecule has 0 aliphatic carbocycles. The lowest BCUT2D eigenvalue weighted by Gasteiger charge is -2.36. The summed E-state index contributed by atoms with van der Waals surface area (Å²) in [5.74, 6) is 0.697. The fourth-order valence-electron chi connectivity index (χ4n) is 4.40. The van der Waals surface area contributed by atoms with Crippen LogP contribution >= 0.6 is 0 Å². The Bertz CT molecular complexity index is 789. The molecule has 1 aromatic carbocycles. The van der Waals surface area contributed by atoms with E-state index >= 15 is 0 Å². The summed E-state index contributed by atoms with van der Waals surface area (Å²) in [5.41, 5.74) is 4.80. The molecule has 2 atom stereocenters. The van der Waals surface area contributed by atoms with Crippen LogP contribution in [0.25, 0.3) is 0 Å². The minimum absolute atomic E-state index is 0.128. The number of nitrogens with zero attached hydrogens (tertiary/aromatic N) is 3. The Morgan fingerprint density at radius 3 is 2.85 bits per heavy atom. The molecule has 4 heteroatoms. The van der Waals surface area contributed by atoms with Gasteiger partial charge in [0.25, 0.3) is 5.91 Å². The number of benzene rings is 1. The average Bonchev–Trinajstić information content (AvgIpc) is 2.97. The van der Waals surface area contributed by atoms with Crippen LogP contribution in [0, 0.1) is 19.8 Å². The van der Waals surface area contributed by atoms with Crippen molar-refractivity contribution in [3.8, 4) is 0 Å². The van der Waals surface area contributed by atoms with Gasteiger partial charge in [0.1, 0.15) is 0 Å². The summed E-state index contributed by atoms with van der Waals surface area (Å²) >= 11 is 0. The molecule has 0 radical (unpaired) electrons. The molecule has 1 amide bonds. The number of amides is 1. The van der Waals surface area contributed by atoms with Gasteiger partial charge < -0.3 is 4.90 Å². The van der Waals surface area contributed by atoms with Gasteiger partial charge in [0.2, 0.25) is 0 Å². The number of rotatable bonds is 3. The first kappa shape index (κ1) is 17.2. The number of fused-ring (bicyclic) bond motifs is 4. The van der Waals surface area contributed by atoms with Gasteiger partial charge >= 0.3 is 0 Å². The van der Waals surface area contributed by atoms with Crippen LogP contribution in [0.5, 0.6) is 0 Å². The Balaban J connectivity index is 1.51. The first-order valence-electron chi connectivity index (χ1n) is 9.59. The van der Waals surface area contributed by atoms with E-state index in [4.69, 9.17) is 0 Å². The van der Waals surface area contributed by atoms with Crippen LogP contribution in [0.4, 0.5) is 0 Å². The SMILES string of the molecule is Cc1ccc(C)c(CN2C[C@H]3CC[C@@H]2CN(C(=O)c2cccnc2)C3)c1. The second kappa shape index (κ2) is 7.20. The summed E-state index contributed by atoms with van der Waals surface area (Å²) in [6.07, 6.45) is 5.81. The second-order valence-electron chi connectivity index (χ2n) is 7.91. The van der Waals surface area contributed by atoms with Crippen LogP contribution in [0.15, 0.2) is 42.7 Å². The molecule has 2 aromatic rings. The number of pyridine rings is 1. The summed E-state index contributed by atoms with van der Waals surface area (Å²) < 4.78 is 0. The molecule has 2 bridgehead atoms. The molecule has 4 nitrogen and oxygen atoms in total. The number of carbonyl (C=O) groups is 1. The van der Waals surface area contributed by atoms with Crippen LogP contribution < -0.4 is 0 Å². The molecule has 0 spiro atoms. The van der Waals surface area contributed by atoms with Gasteiger partial charge in [-0.25, -0.2) is 0 Å². The van der Waals surface area contributed by atoms with Crippen molar-refractivity contribution >= 4 is 5.91 Å². The maximum absolute atomic E-state index is 12.9. The summed E-state index contributed by atoms with van der Waals surface area (Å²) in [5, 5.41) is 0. The van der Waals surface area contributed by atoms with Crippen molar-refractivity contribution in [3.05, 3.63) is 65.0 Å². The highest BCUT2D eigenvalue weighted by molar-refractivity contribution is 5.94. The smallest absolute Gasteiger partial charge is 0.255 e. The minimum Gasteiger partial charge on any atom is -0.337 e. The van der Waals surface area contributed by atoms with Crippen LogP contribution in [0.2, 0.25) is 0 Å². The van der Waals surface area contributed by atoms with Crippen LogP contribution in [-0.2, 0) is 6.54 Å². The Morgan fingerprint density at radius 1 is 1.15 bits per heavy atom. The van der Waals surface area contributed by atoms with Crippen molar-refractivity contribution in [3.63, 3.8) is 0 Å². The van der Waals surface area contributed by atoms with E-state index in [2.05, 4.69) is 46.8 Å². The molecule has 3 aliphatic heterocycles. The first-order valence-corrected chi connectivity index (χ1v) is 9.59. The van der Waals surface area contributed by atoms with Gasteiger partial charge in [0, 0.05) is 44.6 Å². The van der Waals surface area contributed by atoms with E-state index in [1.165, 1.54) is 29.5 Å². The summed E-state index contributed by atoms with van der Waals surface area (Å²) in [4.78, 5) is 21.7. The number of hydrogen-bond acceptors (Lipinski definition) is 3. The van der Waals surface area contributed by atoms with Crippen molar-refractivity contribution in [1.82, 2.24) is 14.8 Å². The summed E-state index contributed by atoms with van der Waals surface area (Å²) in [6.45, 7) is 8.13. The Labute approximate surface area is 155 Å². The van der Waals surface area contributed by atoms with E-state index < -0.39 is 0 Å². The standard InChI is InChI=1S/C22H27N3O/c1-16-5-6-17(2)20(10-16)14-24-12-18-7-8-21(24)15-25(13-18)22(26)19-4-3-9-23-11-19/h3-6,9-11,18,21H,7-8,12-15H2,1-2H3/t18-,21-/m1/s1. The highest BCUT2D eigenvalue weighted by Gasteiger charge is 2.36. The molecule has 26 heavy (non-hydrogen) atoms. The van der Waals surface area contributed by atoms with Gasteiger partial charge in [0.15, 0.2) is 0 Å². The molecule has 136 valence electrons. The third kappa shape index (κ3) is 3.51. The average molecular weight is 349 g/mol. The third-order valence-corrected chi connectivity index (χ3v) is 5.90. The van der Waals surface area contributed by atoms with Crippen molar-refractivity contribution < 1.29 is 4.79 Å². The molecule has 3 saturated heterocycles. The normalized spacial score (nSPS) is 23.1. The zero-order valence-corrected chi connectivity index (χ0v) is 15.7. The Hall–Kier alpha value is -2.20. The fraction of sp³-hybridized carbons (Fsp3) is 0.455. The lowest BCUT2D eigenvalue weighted by Crippen LogP contribution is -2.44. The minimum atomic E-state index is 0.128. The van der Waals surface area contributed by atoms with Gasteiger partial charge in [-0.3, -0.25) is 14.7 Å². The van der Waals surface area contributed by atoms with Crippen molar-refractivity contribution in [2.75, 3.05) is 19.6 Å². The first-order chi connectivity index (χ1) is 12.6. The molecule has 3 aliphatic rings. The van der Waals surface area contributed by atoms with E-state index in [1.807, 2.05) is 12.1 Å². The van der Waals surface area contributed by atoms with Gasteiger partial charge in [-0.15, -0.1) is 0 Å². The predicted molar refractivity (Wildman–Crippen MR) is 103 cm³/mol. The highest BCUT2D eigenvalue weighted by atomic mass is 16.2.